The van der Waals surface area contributed by atoms with Crippen molar-refractivity contribution in [1.82, 2.24) is 0 Å². The fraction of sp³-hybridized carbons (Fsp3) is 0. The van der Waals surface area contributed by atoms with Crippen molar-refractivity contribution in [3.63, 3.8) is 0 Å². The van der Waals surface area contributed by atoms with Crippen LogP contribution < -0.4 is 3.27 Å². The molecule has 0 unspecified atom stereocenters. The first-order chi connectivity index (χ1) is 11.3. The average Bonchev–Trinajstić information content (AvgIpc) is 2.63. The van der Waals surface area contributed by atoms with E-state index in [0.29, 0.717) is 0 Å². The molecule has 0 spiro atoms. The van der Waals surface area contributed by atoms with Gasteiger partial charge in [0.2, 0.25) is 0 Å². The molecule has 0 fully saturated rings. The molecule has 0 amide bonds. The van der Waals surface area contributed by atoms with Crippen LogP contribution in [0.5, 0.6) is 0 Å². The molecule has 0 heterocycles. The van der Waals surface area contributed by atoms with Crippen LogP contribution in [0.4, 0.5) is 0 Å². The van der Waals surface area contributed by atoms with Gasteiger partial charge in [0.25, 0.3) is 0 Å². The average molecular weight is 488 g/mol. The molecule has 1 heteroatoms. The van der Waals surface area contributed by atoms with Crippen LogP contribution in [-0.4, -0.2) is 24.7 Å². The molecule has 0 aliphatic rings. The van der Waals surface area contributed by atoms with Crippen molar-refractivity contribution in [2.24, 2.45) is 0 Å². The van der Waals surface area contributed by atoms with Gasteiger partial charge in [-0.15, -0.1) is 0 Å². The Labute approximate surface area is 151 Å². The Hall–Kier alpha value is -1.98. The summed E-state index contributed by atoms with van der Waals surface area (Å²) in [4.78, 5) is 0. The molecule has 0 saturated carbocycles. The van der Waals surface area contributed by atoms with Crippen LogP contribution in [0.15, 0.2) is 91.0 Å². The molecule has 4 rings (SSSR count). The summed E-state index contributed by atoms with van der Waals surface area (Å²) in [5.41, 5.74) is 5.29. The molecule has 108 valence electrons. The van der Waals surface area contributed by atoms with Crippen LogP contribution in [-0.2, 0) is 0 Å². The minimum atomic E-state index is 1.27. The van der Waals surface area contributed by atoms with Crippen LogP contribution in [0.2, 0.25) is 0 Å². The molecule has 0 atom stereocenters. The number of benzene rings is 4. The summed E-state index contributed by atoms with van der Waals surface area (Å²) in [6.45, 7) is 0. The molecular weight excluding hydrogens is 473 g/mol. The maximum atomic E-state index is 2.34. The van der Waals surface area contributed by atoms with Crippen LogP contribution in [0.1, 0.15) is 0 Å². The van der Waals surface area contributed by atoms with Crippen molar-refractivity contribution in [1.29, 1.82) is 0 Å². The van der Waals surface area contributed by atoms with E-state index in [4.69, 9.17) is 0 Å². The van der Waals surface area contributed by atoms with E-state index in [1.807, 2.05) is 0 Å². The fourth-order valence-corrected chi connectivity index (χ4v) is 4.83. The van der Waals surface area contributed by atoms with E-state index in [9.17, 15) is 0 Å². The second-order valence-electron chi connectivity index (χ2n) is 5.60. The summed E-state index contributed by atoms with van der Waals surface area (Å²) in [6, 6.07) is 32.5. The van der Waals surface area contributed by atoms with E-state index in [1.54, 1.807) is 0 Å². The van der Waals surface area contributed by atoms with Crippen molar-refractivity contribution in [2.75, 3.05) is 0 Å². The van der Waals surface area contributed by atoms with E-state index >= 15 is 0 Å². The predicted molar refractivity (Wildman–Crippen MR) is 100 cm³/mol. The van der Waals surface area contributed by atoms with Gasteiger partial charge in [0, 0.05) is 0 Å². The monoisotopic (exact) mass is 488 g/mol. The first kappa shape index (κ1) is 14.6. The quantitative estimate of drug-likeness (QED) is 0.350. The Balaban J connectivity index is 2.11. The number of hydrogen-bond acceptors (Lipinski definition) is 0. The Bertz CT molecular complexity index is 957. The second-order valence-corrected chi connectivity index (χ2v) is 7.34. The zero-order chi connectivity index (χ0) is 15.6. The van der Waals surface area contributed by atoms with Gasteiger partial charge in [-0.2, -0.15) is 0 Å². The van der Waals surface area contributed by atoms with Crippen LogP contribution >= 0.6 is 0 Å². The predicted octanol–water partition coefficient (Wildman–Crippen LogP) is 4.97. The second kappa shape index (κ2) is 6.26. The molecule has 0 aromatic heterocycles. The Kier molecular flexibility index (Phi) is 3.97. The summed E-state index contributed by atoms with van der Waals surface area (Å²) in [5.74, 6) is 0. The SMILES string of the molecule is [Bi][c]1c(-c2ccccc2)c(-c2ccccc2)cc2ccccc12. The minimum absolute atomic E-state index is 1.27. The van der Waals surface area contributed by atoms with E-state index in [2.05, 4.69) is 91.0 Å². The van der Waals surface area contributed by atoms with Gasteiger partial charge in [0.1, 0.15) is 0 Å². The number of hydrogen-bond donors (Lipinski definition) is 0. The van der Waals surface area contributed by atoms with Crippen molar-refractivity contribution in [2.45, 2.75) is 0 Å². The third-order valence-corrected chi connectivity index (χ3v) is 5.97. The van der Waals surface area contributed by atoms with E-state index in [-0.39, 0.29) is 0 Å². The summed E-state index contributed by atoms with van der Waals surface area (Å²) in [7, 11) is 0. The van der Waals surface area contributed by atoms with Gasteiger partial charge in [-0.1, -0.05) is 0 Å². The third-order valence-electron chi connectivity index (χ3n) is 4.17. The summed E-state index contributed by atoms with van der Waals surface area (Å²) in [5, 5.41) is 2.70. The third kappa shape index (κ3) is 2.71. The Morgan fingerprint density at radius 2 is 1.13 bits per heavy atom. The molecule has 4 aromatic rings. The molecule has 23 heavy (non-hydrogen) atoms. The molecule has 0 bridgehead atoms. The van der Waals surface area contributed by atoms with Gasteiger partial charge >= 0.3 is 152 Å². The van der Waals surface area contributed by atoms with Crippen LogP contribution in [0.3, 0.4) is 0 Å². The van der Waals surface area contributed by atoms with E-state index < -0.39 is 0 Å². The maximum absolute atomic E-state index is 2.34. The zero-order valence-electron chi connectivity index (χ0n) is 12.6. The van der Waals surface area contributed by atoms with Gasteiger partial charge in [0.05, 0.1) is 0 Å². The summed E-state index contributed by atoms with van der Waals surface area (Å²) < 4.78 is 1.45. The van der Waals surface area contributed by atoms with Crippen molar-refractivity contribution < 1.29 is 0 Å². The van der Waals surface area contributed by atoms with E-state index in [1.165, 1.54) is 61.0 Å². The van der Waals surface area contributed by atoms with E-state index in [0.717, 1.165) is 0 Å². The molecule has 0 saturated heterocycles. The topological polar surface area (TPSA) is 0 Å². The van der Waals surface area contributed by atoms with Gasteiger partial charge in [-0.3, -0.25) is 0 Å². The first-order valence-corrected chi connectivity index (χ1v) is 9.44. The first-order valence-electron chi connectivity index (χ1n) is 7.70. The van der Waals surface area contributed by atoms with Gasteiger partial charge in [0.15, 0.2) is 0 Å². The molecular formula is C22H15Bi. The van der Waals surface area contributed by atoms with Crippen LogP contribution in [0.25, 0.3) is 33.0 Å². The van der Waals surface area contributed by atoms with Crippen molar-refractivity contribution in [3.05, 3.63) is 91.0 Å². The molecule has 0 nitrogen and oxygen atoms in total. The molecule has 0 N–H and O–H groups in total. The molecule has 4 aromatic carbocycles. The summed E-state index contributed by atoms with van der Waals surface area (Å²) >= 11 is 1.27. The Morgan fingerprint density at radius 1 is 0.565 bits per heavy atom. The van der Waals surface area contributed by atoms with Gasteiger partial charge in [-0.05, 0) is 0 Å². The van der Waals surface area contributed by atoms with Gasteiger partial charge < -0.3 is 0 Å². The van der Waals surface area contributed by atoms with Gasteiger partial charge in [-0.25, -0.2) is 0 Å². The fourth-order valence-electron chi connectivity index (χ4n) is 3.07. The number of fused-ring (bicyclic) bond motifs is 1. The van der Waals surface area contributed by atoms with Crippen molar-refractivity contribution >= 4 is 38.8 Å². The zero-order valence-corrected chi connectivity index (χ0v) is 16.1. The molecule has 0 aliphatic heterocycles. The molecule has 0 aliphatic carbocycles. The van der Waals surface area contributed by atoms with Crippen LogP contribution in [0, 0.1) is 0 Å². The summed E-state index contributed by atoms with van der Waals surface area (Å²) in [6.07, 6.45) is 0. The van der Waals surface area contributed by atoms with Crippen molar-refractivity contribution in [3.8, 4) is 22.3 Å². The molecule has 2 radical (unpaired) electrons. The Morgan fingerprint density at radius 3 is 1.83 bits per heavy atom. The number of rotatable bonds is 2. The standard InChI is InChI=1S/C22H15.Bi/c1-3-9-17(10-4-1)21-15-19-13-7-8-14-20(19)16-22(21)18-11-5-2-6-12-18;/h1-15H;. The normalized spacial score (nSPS) is 10.8.